The van der Waals surface area contributed by atoms with Crippen LogP contribution in [0.1, 0.15) is 279 Å². The lowest BCUT2D eigenvalue weighted by Gasteiger charge is -2.47. The highest BCUT2D eigenvalue weighted by atomic mass is 16.5. The summed E-state index contributed by atoms with van der Waals surface area (Å²) in [5.41, 5.74) is 5.92. The summed E-state index contributed by atoms with van der Waals surface area (Å²) in [7, 11) is 0. The molecular formula is C67H118N2O3. The van der Waals surface area contributed by atoms with Crippen molar-refractivity contribution in [1.29, 1.82) is 0 Å². The number of aliphatic carboxylic acids is 1. The minimum Gasteiger partial charge on any atom is -0.481 e. The zero-order valence-electron chi connectivity index (χ0n) is 51.7. The van der Waals surface area contributed by atoms with Crippen LogP contribution >= 0.6 is 0 Å². The first kappa shape index (κ1) is 63.6. The quantitative estimate of drug-likeness (QED) is 0.0757. The van der Waals surface area contributed by atoms with E-state index in [-0.39, 0.29) is 38.4 Å². The molecule has 72 heavy (non-hydrogen) atoms. The Bertz CT molecular complexity index is 1880. The van der Waals surface area contributed by atoms with Crippen LogP contribution in [0.25, 0.3) is 0 Å². The maximum atomic E-state index is 13.6. The number of unbranched alkanes of at least 4 members (excludes halogenated alkanes) is 4. The van der Waals surface area contributed by atoms with Crippen LogP contribution in [-0.4, -0.2) is 37.3 Å². The van der Waals surface area contributed by atoms with Crippen molar-refractivity contribution in [2.45, 2.75) is 267 Å². The summed E-state index contributed by atoms with van der Waals surface area (Å²) in [6.45, 7) is 57.6. The summed E-state index contributed by atoms with van der Waals surface area (Å²) in [4.78, 5) is 18.7. The summed E-state index contributed by atoms with van der Waals surface area (Å²) in [5, 5.41) is 11.2. The summed E-state index contributed by atoms with van der Waals surface area (Å²) >= 11 is 0. The second-order valence-corrected chi connectivity index (χ2v) is 30.5. The Balaban J connectivity index is 1.88. The minimum atomic E-state index is -0.685. The number of carboxylic acids is 1. The smallest absolute Gasteiger partial charge is 0.306 e. The minimum absolute atomic E-state index is 0.0342. The fourth-order valence-corrected chi connectivity index (χ4v) is 15.7. The number of anilines is 2. The van der Waals surface area contributed by atoms with Crippen molar-refractivity contribution in [2.24, 2.45) is 55.2 Å². The highest BCUT2D eigenvalue weighted by molar-refractivity contribution is 5.71. The molecule has 3 rings (SSSR count). The molecule has 0 spiro atoms. The topological polar surface area (TPSA) is 53.0 Å². The molecule has 0 radical (unpaired) electrons. The van der Waals surface area contributed by atoms with Crippen molar-refractivity contribution in [3.05, 3.63) is 47.5 Å². The van der Waals surface area contributed by atoms with Gasteiger partial charge in [-0.3, -0.25) is 4.79 Å². The Morgan fingerprint density at radius 1 is 0.500 bits per heavy atom. The monoisotopic (exact) mass is 999 g/mol. The van der Waals surface area contributed by atoms with Gasteiger partial charge in [-0.25, -0.2) is 0 Å². The van der Waals surface area contributed by atoms with E-state index in [1.165, 1.54) is 37.1 Å². The number of fused-ring (bicyclic) bond motifs is 2. The molecule has 0 saturated heterocycles. The van der Waals surface area contributed by atoms with E-state index in [4.69, 9.17) is 4.74 Å². The highest BCUT2D eigenvalue weighted by Crippen LogP contribution is 2.55. The molecule has 2 aromatic carbocycles. The molecule has 0 aromatic heterocycles. The van der Waals surface area contributed by atoms with Crippen molar-refractivity contribution in [1.82, 2.24) is 0 Å². The van der Waals surface area contributed by atoms with Gasteiger partial charge in [-0.2, -0.15) is 0 Å². The molecule has 1 atom stereocenters. The first-order valence-electron chi connectivity index (χ1n) is 29.7. The van der Waals surface area contributed by atoms with Gasteiger partial charge < -0.3 is 19.6 Å². The van der Waals surface area contributed by atoms with Crippen molar-refractivity contribution in [3.8, 4) is 11.5 Å². The lowest BCUT2D eigenvalue weighted by molar-refractivity contribution is -0.143. The predicted molar refractivity (Wildman–Crippen MR) is 317 cm³/mol. The van der Waals surface area contributed by atoms with Gasteiger partial charge in [-0.1, -0.05) is 190 Å². The van der Waals surface area contributed by atoms with Gasteiger partial charge in [0, 0.05) is 66.7 Å². The molecule has 1 unspecified atom stereocenters. The van der Waals surface area contributed by atoms with Crippen LogP contribution in [0, 0.1) is 55.2 Å². The molecule has 0 aliphatic carbocycles. The number of carboxylic acid groups (broad SMARTS) is 1. The molecular weight excluding hydrogens is 881 g/mol. The summed E-state index contributed by atoms with van der Waals surface area (Å²) < 4.78 is 6.98. The van der Waals surface area contributed by atoms with Crippen molar-refractivity contribution in [2.75, 3.05) is 36.0 Å². The molecule has 5 nitrogen and oxygen atoms in total. The number of hydrogen-bond donors (Lipinski definition) is 1. The molecule has 1 aliphatic rings. The SMILES string of the molecule is CCCCN(CCCC)c1ccc2c(c1)Oc1cc(N(CCCC)CCCC)ccc1C2CC(CC(C)(C)CC(C)(C)CC(C)(C)CC(C)(C)CC(C)(C)CC(C)(C)CC(C)(C)CC(C)(C)C(C)C)C(=O)O. The van der Waals surface area contributed by atoms with Crippen LogP contribution in [0.2, 0.25) is 0 Å². The van der Waals surface area contributed by atoms with Gasteiger partial charge in [-0.05, 0) is 145 Å². The molecule has 2 aromatic rings. The third-order valence-corrected chi connectivity index (χ3v) is 16.7. The largest absolute Gasteiger partial charge is 0.481 e. The van der Waals surface area contributed by atoms with Gasteiger partial charge >= 0.3 is 5.97 Å². The fraction of sp³-hybridized carbons (Fsp3) is 0.806. The van der Waals surface area contributed by atoms with E-state index < -0.39 is 11.9 Å². The first-order valence-corrected chi connectivity index (χ1v) is 29.7. The van der Waals surface area contributed by atoms with Crippen LogP contribution in [0.4, 0.5) is 11.4 Å². The average molecular weight is 1000 g/mol. The molecule has 0 bridgehead atoms. The zero-order chi connectivity index (χ0) is 54.7. The Morgan fingerprint density at radius 3 is 1.10 bits per heavy atom. The number of rotatable bonds is 34. The van der Waals surface area contributed by atoms with E-state index in [1.54, 1.807) is 0 Å². The molecule has 0 fully saturated rings. The van der Waals surface area contributed by atoms with E-state index in [9.17, 15) is 9.90 Å². The third kappa shape index (κ3) is 20.4. The van der Waals surface area contributed by atoms with E-state index >= 15 is 0 Å². The number of carbonyl (C=O) groups is 1. The predicted octanol–water partition coefficient (Wildman–Crippen LogP) is 20.8. The summed E-state index contributed by atoms with van der Waals surface area (Å²) in [6.07, 6.45) is 18.6. The van der Waals surface area contributed by atoms with Crippen LogP contribution in [0.15, 0.2) is 36.4 Å². The number of hydrogen-bond acceptors (Lipinski definition) is 4. The Labute approximate surface area is 447 Å². The second kappa shape index (κ2) is 25.9. The second-order valence-electron chi connectivity index (χ2n) is 30.5. The van der Waals surface area contributed by atoms with E-state index in [0.717, 1.165) is 119 Å². The molecule has 414 valence electrons. The Hall–Kier alpha value is -2.69. The summed E-state index contributed by atoms with van der Waals surface area (Å²) in [5.74, 6) is 1.19. The van der Waals surface area contributed by atoms with Gasteiger partial charge in [-0.15, -0.1) is 0 Å². The van der Waals surface area contributed by atoms with Gasteiger partial charge in [0.1, 0.15) is 11.5 Å². The van der Waals surface area contributed by atoms with Gasteiger partial charge in [0.05, 0.1) is 5.92 Å². The lowest BCUT2D eigenvalue weighted by Crippen LogP contribution is -2.36. The normalized spacial score (nSPS) is 14.8. The van der Waals surface area contributed by atoms with Gasteiger partial charge in [0.25, 0.3) is 0 Å². The van der Waals surface area contributed by atoms with Gasteiger partial charge in [0.15, 0.2) is 0 Å². The molecule has 5 heteroatoms. The van der Waals surface area contributed by atoms with Crippen LogP contribution in [0.3, 0.4) is 0 Å². The standard InChI is InChI=1S/C67H118N2O3/c1-23-27-35-68(36-28-24-2)52-31-33-54-56(55-34-32-53(41-58(55)72-57(54)40-52)69(37-29-25-3)38-30-26-4)39-51(59(70)71)42-60(7,8)43-61(9,10)44-62(11,12)45-63(13,14)46-64(15,16)47-65(17,18)48-66(19,20)49-67(21,22)50(5)6/h31-34,40-41,50-51,56H,23-30,35-39,42-49H2,1-22H3,(H,70,71). The van der Waals surface area contributed by atoms with Crippen molar-refractivity contribution >= 4 is 17.3 Å². The van der Waals surface area contributed by atoms with Crippen molar-refractivity contribution in [3.63, 3.8) is 0 Å². The van der Waals surface area contributed by atoms with Gasteiger partial charge in [0.2, 0.25) is 0 Å². The van der Waals surface area contributed by atoms with E-state index in [2.05, 4.69) is 199 Å². The number of benzene rings is 2. The van der Waals surface area contributed by atoms with Crippen molar-refractivity contribution < 1.29 is 14.6 Å². The first-order chi connectivity index (χ1) is 33.0. The van der Waals surface area contributed by atoms with Crippen LogP contribution in [-0.2, 0) is 4.79 Å². The molecule has 1 heterocycles. The van der Waals surface area contributed by atoms with Crippen LogP contribution in [0.5, 0.6) is 11.5 Å². The van der Waals surface area contributed by atoms with Crippen LogP contribution < -0.4 is 14.5 Å². The Morgan fingerprint density at radius 2 is 0.806 bits per heavy atom. The van der Waals surface area contributed by atoms with E-state index in [0.29, 0.717) is 29.6 Å². The number of nitrogens with zero attached hydrogens (tertiary/aromatic N) is 2. The van der Waals surface area contributed by atoms with E-state index in [1.807, 2.05) is 0 Å². The molecule has 1 aliphatic heterocycles. The zero-order valence-corrected chi connectivity index (χ0v) is 51.7. The molecule has 0 amide bonds. The Kier molecular flexibility index (Phi) is 22.9. The molecule has 0 saturated carbocycles. The highest BCUT2D eigenvalue weighted by Gasteiger charge is 2.43. The maximum absolute atomic E-state index is 13.6. The third-order valence-electron chi connectivity index (χ3n) is 16.7. The fourth-order valence-electron chi connectivity index (χ4n) is 15.7. The lowest BCUT2D eigenvalue weighted by atomic mass is 9.58. The maximum Gasteiger partial charge on any atom is 0.306 e. The molecule has 1 N–H and O–H groups in total. The average Bonchev–Trinajstić information content (AvgIpc) is 3.19. The number of ether oxygens (including phenoxy) is 1. The summed E-state index contributed by atoms with van der Waals surface area (Å²) in [6, 6.07) is 13.6.